The van der Waals surface area contributed by atoms with E-state index >= 15 is 0 Å². The van der Waals surface area contributed by atoms with Gasteiger partial charge in [0.25, 0.3) is 0 Å². The highest BCUT2D eigenvalue weighted by Crippen LogP contribution is 2.31. The Kier molecular flexibility index (Phi) is 3.68. The van der Waals surface area contributed by atoms with Crippen molar-refractivity contribution in [3.05, 3.63) is 46.4 Å². The van der Waals surface area contributed by atoms with E-state index in [0.29, 0.717) is 5.88 Å². The van der Waals surface area contributed by atoms with Crippen LogP contribution in [0.5, 0.6) is 5.75 Å². The summed E-state index contributed by atoms with van der Waals surface area (Å²) in [6.45, 7) is 2.17. The van der Waals surface area contributed by atoms with E-state index in [0.717, 1.165) is 22.6 Å². The molecule has 20 heavy (non-hydrogen) atoms. The number of hydrogen-bond donors (Lipinski definition) is 0. The number of halogens is 1. The van der Waals surface area contributed by atoms with Gasteiger partial charge in [0.2, 0.25) is 0 Å². The molecule has 0 amide bonds. The lowest BCUT2D eigenvalue weighted by atomic mass is 10.1. The lowest BCUT2D eigenvalue weighted by molar-refractivity contribution is 0.419. The number of aromatic nitrogens is 2. The molecule has 3 nitrogen and oxygen atoms in total. The fraction of sp³-hybridized carbons (Fsp3) is 0.267. The average molecular weight is 307 g/mol. The Morgan fingerprint density at radius 3 is 2.90 bits per heavy atom. The predicted octanol–water partition coefficient (Wildman–Crippen LogP) is 4.45. The number of nitrogens with zero attached hydrogens (tertiary/aromatic N) is 2. The normalized spacial score (nSPS) is 12.8. The molecule has 0 aliphatic rings. The summed E-state index contributed by atoms with van der Waals surface area (Å²) >= 11 is 7.78. The van der Waals surface area contributed by atoms with Crippen LogP contribution in [-0.2, 0) is 5.88 Å². The summed E-state index contributed by atoms with van der Waals surface area (Å²) in [5.74, 6) is 2.03. The molecule has 3 rings (SSSR count). The van der Waals surface area contributed by atoms with Crippen LogP contribution in [0.25, 0.3) is 11.0 Å². The number of alkyl halides is 1. The van der Waals surface area contributed by atoms with Gasteiger partial charge in [-0.2, -0.15) is 11.3 Å². The van der Waals surface area contributed by atoms with Crippen LogP contribution in [-0.4, -0.2) is 16.7 Å². The summed E-state index contributed by atoms with van der Waals surface area (Å²) in [5.41, 5.74) is 3.19. The van der Waals surface area contributed by atoms with Gasteiger partial charge in [0.05, 0.1) is 24.5 Å². The van der Waals surface area contributed by atoms with Crippen molar-refractivity contribution in [3.8, 4) is 5.75 Å². The van der Waals surface area contributed by atoms with Gasteiger partial charge < -0.3 is 9.30 Å². The molecule has 0 aliphatic heterocycles. The Hall–Kier alpha value is -1.52. The number of imidazole rings is 1. The summed E-state index contributed by atoms with van der Waals surface area (Å²) in [6, 6.07) is 8.31. The zero-order valence-corrected chi connectivity index (χ0v) is 12.9. The largest absolute Gasteiger partial charge is 0.494 e. The highest BCUT2D eigenvalue weighted by Gasteiger charge is 2.18. The quantitative estimate of drug-likeness (QED) is 0.666. The third kappa shape index (κ3) is 2.09. The van der Waals surface area contributed by atoms with Crippen molar-refractivity contribution in [2.45, 2.75) is 18.8 Å². The van der Waals surface area contributed by atoms with Crippen LogP contribution in [0.15, 0.2) is 35.0 Å². The molecular formula is C15H15ClN2OS. The van der Waals surface area contributed by atoms with Gasteiger partial charge in [0.15, 0.2) is 0 Å². The van der Waals surface area contributed by atoms with Gasteiger partial charge >= 0.3 is 0 Å². The molecule has 0 fully saturated rings. The highest BCUT2D eigenvalue weighted by molar-refractivity contribution is 7.07. The van der Waals surface area contributed by atoms with Crippen LogP contribution < -0.4 is 4.74 Å². The van der Waals surface area contributed by atoms with E-state index in [4.69, 9.17) is 16.3 Å². The summed E-state index contributed by atoms with van der Waals surface area (Å²) in [5, 5.41) is 4.25. The van der Waals surface area contributed by atoms with Crippen LogP contribution in [0.1, 0.15) is 24.4 Å². The smallest absolute Gasteiger partial charge is 0.146 e. The second kappa shape index (κ2) is 5.46. The predicted molar refractivity (Wildman–Crippen MR) is 84.0 cm³/mol. The molecule has 1 atom stereocenters. The van der Waals surface area contributed by atoms with Crippen LogP contribution in [0.2, 0.25) is 0 Å². The van der Waals surface area contributed by atoms with E-state index in [1.54, 1.807) is 18.4 Å². The van der Waals surface area contributed by atoms with Crippen molar-refractivity contribution in [2.24, 2.45) is 0 Å². The van der Waals surface area contributed by atoms with Gasteiger partial charge in [-0.25, -0.2) is 4.98 Å². The molecule has 0 radical (unpaired) electrons. The molecule has 0 N–H and O–H groups in total. The molecule has 0 saturated heterocycles. The third-order valence-corrected chi connectivity index (χ3v) is 4.45. The molecule has 1 aromatic carbocycles. The average Bonchev–Trinajstić information content (AvgIpc) is 3.12. The second-order valence-corrected chi connectivity index (χ2v) is 5.64. The van der Waals surface area contributed by atoms with E-state index in [9.17, 15) is 0 Å². The fourth-order valence-electron chi connectivity index (χ4n) is 2.49. The Morgan fingerprint density at radius 1 is 1.40 bits per heavy atom. The maximum atomic E-state index is 6.08. The summed E-state index contributed by atoms with van der Waals surface area (Å²) in [6.07, 6.45) is 0. The van der Waals surface area contributed by atoms with Gasteiger partial charge in [-0.3, -0.25) is 0 Å². The lowest BCUT2D eigenvalue weighted by Gasteiger charge is -2.16. The molecule has 1 unspecified atom stereocenters. The van der Waals surface area contributed by atoms with Crippen LogP contribution in [0.4, 0.5) is 0 Å². The van der Waals surface area contributed by atoms with E-state index in [1.165, 1.54) is 5.56 Å². The highest BCUT2D eigenvalue weighted by atomic mass is 35.5. The van der Waals surface area contributed by atoms with Crippen molar-refractivity contribution in [1.82, 2.24) is 9.55 Å². The van der Waals surface area contributed by atoms with Gasteiger partial charge in [-0.1, -0.05) is 6.07 Å². The number of para-hydroxylation sites is 1. The van der Waals surface area contributed by atoms with Gasteiger partial charge in [0.1, 0.15) is 17.1 Å². The first-order valence-corrected chi connectivity index (χ1v) is 7.86. The summed E-state index contributed by atoms with van der Waals surface area (Å²) in [4.78, 5) is 4.64. The van der Waals surface area contributed by atoms with Crippen molar-refractivity contribution < 1.29 is 4.74 Å². The zero-order valence-electron chi connectivity index (χ0n) is 11.3. The zero-order chi connectivity index (χ0) is 14.1. The van der Waals surface area contributed by atoms with Crippen LogP contribution >= 0.6 is 22.9 Å². The van der Waals surface area contributed by atoms with Crippen molar-refractivity contribution in [2.75, 3.05) is 7.11 Å². The third-order valence-electron chi connectivity index (χ3n) is 3.51. The molecule has 0 saturated carbocycles. The van der Waals surface area contributed by atoms with Crippen molar-refractivity contribution >= 4 is 34.0 Å². The molecule has 2 aromatic heterocycles. The van der Waals surface area contributed by atoms with Crippen molar-refractivity contribution in [1.29, 1.82) is 0 Å². The minimum absolute atomic E-state index is 0.201. The number of ether oxygens (including phenoxy) is 1. The monoisotopic (exact) mass is 306 g/mol. The SMILES string of the molecule is COc1cccc2c1nc(CCl)n2C(C)c1ccsc1. The molecule has 104 valence electrons. The number of hydrogen-bond acceptors (Lipinski definition) is 3. The summed E-state index contributed by atoms with van der Waals surface area (Å²) < 4.78 is 7.58. The first kappa shape index (κ1) is 13.5. The number of fused-ring (bicyclic) bond motifs is 1. The number of thiophene rings is 1. The van der Waals surface area contributed by atoms with Gasteiger partial charge in [0, 0.05) is 0 Å². The number of methoxy groups -OCH3 is 1. The van der Waals surface area contributed by atoms with E-state index < -0.39 is 0 Å². The standard InChI is InChI=1S/C15H15ClN2OS/c1-10(11-6-7-20-9-11)18-12-4-3-5-13(19-2)15(12)17-14(18)8-16/h3-7,9-10H,8H2,1-2H3. The number of benzene rings is 1. The minimum Gasteiger partial charge on any atom is -0.494 e. The molecular weight excluding hydrogens is 292 g/mol. The summed E-state index contributed by atoms with van der Waals surface area (Å²) in [7, 11) is 1.66. The Bertz CT molecular complexity index is 721. The Morgan fingerprint density at radius 2 is 2.25 bits per heavy atom. The molecule has 0 aliphatic carbocycles. The number of rotatable bonds is 4. The van der Waals surface area contributed by atoms with E-state index in [1.807, 2.05) is 12.1 Å². The maximum absolute atomic E-state index is 6.08. The Balaban J connectivity index is 2.23. The maximum Gasteiger partial charge on any atom is 0.146 e. The van der Waals surface area contributed by atoms with Crippen LogP contribution in [0.3, 0.4) is 0 Å². The minimum atomic E-state index is 0.201. The molecule has 0 bridgehead atoms. The molecule has 2 heterocycles. The van der Waals surface area contributed by atoms with Gasteiger partial charge in [-0.15, -0.1) is 11.6 Å². The molecule has 3 aromatic rings. The molecule has 5 heteroatoms. The first-order valence-electron chi connectivity index (χ1n) is 6.38. The van der Waals surface area contributed by atoms with E-state index in [-0.39, 0.29) is 6.04 Å². The topological polar surface area (TPSA) is 27.1 Å². The molecule has 0 spiro atoms. The van der Waals surface area contributed by atoms with Crippen molar-refractivity contribution in [3.63, 3.8) is 0 Å². The second-order valence-electron chi connectivity index (χ2n) is 4.59. The van der Waals surface area contributed by atoms with Gasteiger partial charge in [-0.05, 0) is 41.4 Å². The van der Waals surface area contributed by atoms with Crippen LogP contribution in [0, 0.1) is 0 Å². The fourth-order valence-corrected chi connectivity index (χ4v) is 3.43. The van der Waals surface area contributed by atoms with E-state index in [2.05, 4.69) is 39.4 Å². The Labute approximate surface area is 126 Å². The first-order chi connectivity index (χ1) is 9.76. The lowest BCUT2D eigenvalue weighted by Crippen LogP contribution is -2.09.